The number of ether oxygens (including phenoxy) is 2. The van der Waals surface area contributed by atoms with Crippen LogP contribution in [-0.4, -0.2) is 60.0 Å². The van der Waals surface area contributed by atoms with Crippen LogP contribution < -0.4 is 9.47 Å². The minimum Gasteiger partial charge on any atom is -0.490 e. The maximum Gasteiger partial charge on any atom is 0.303 e. The zero-order chi connectivity index (χ0) is 36.1. The van der Waals surface area contributed by atoms with Crippen LogP contribution in [0.25, 0.3) is 23.3 Å². The average molecular weight is 679 g/mol. The minimum atomic E-state index is -0.886. The smallest absolute Gasteiger partial charge is 0.303 e. The third-order valence-corrected chi connectivity index (χ3v) is 6.86. The Morgan fingerprint density at radius 2 is 0.960 bits per heavy atom. The molecule has 0 fully saturated rings. The van der Waals surface area contributed by atoms with Crippen LogP contribution in [0.2, 0.25) is 0 Å². The summed E-state index contributed by atoms with van der Waals surface area (Å²) in [6.07, 6.45) is 4.18. The van der Waals surface area contributed by atoms with E-state index in [1.807, 2.05) is 24.3 Å². The summed E-state index contributed by atoms with van der Waals surface area (Å²) in [7, 11) is 0. The highest BCUT2D eigenvalue weighted by Gasteiger charge is 2.07. The number of rotatable bonds is 20. The first kappa shape index (κ1) is 38.1. The van der Waals surface area contributed by atoms with Crippen molar-refractivity contribution >= 4 is 46.7 Å². The third kappa shape index (κ3) is 14.2. The standard InChI is InChI=1S/C38H38N4O8/c1-27(3-17-37(43)44)41-49-21-19-47-35-13-5-29(6-14-35)23-33(25-39)31-9-11-32(12-10-31)34(26-40)24-30-7-15-36(16-8-30)48-20-22-50-42-28(2)4-18-38(45)46/h5-16,23-24H,3-4,17-22H2,1-2H3,(H,43,44)(H,45,46)/b33-23-,34-24+,41-27+,42-28+. The summed E-state index contributed by atoms with van der Waals surface area (Å²) >= 11 is 0. The lowest BCUT2D eigenvalue weighted by molar-refractivity contribution is -0.137. The lowest BCUT2D eigenvalue weighted by atomic mass is 9.99. The Balaban J connectivity index is 1.52. The SMILES string of the molecule is C/C(CCC(=O)O)=N\OCCOc1ccc(/C=C(\C#N)c2ccc(/C(C#N)=C\c3ccc(OCCO/N=C(\C)CCC(=O)O)cc3)cc2)cc1. The minimum absolute atomic E-state index is 0.000438. The lowest BCUT2D eigenvalue weighted by Crippen LogP contribution is -2.06. The molecule has 0 saturated heterocycles. The van der Waals surface area contributed by atoms with E-state index in [9.17, 15) is 20.1 Å². The van der Waals surface area contributed by atoms with Crippen molar-refractivity contribution in [2.24, 2.45) is 10.3 Å². The number of nitriles is 2. The summed E-state index contributed by atoms with van der Waals surface area (Å²) in [6, 6.07) is 26.2. The first-order valence-electron chi connectivity index (χ1n) is 15.7. The first-order valence-corrected chi connectivity index (χ1v) is 15.7. The highest BCUT2D eigenvalue weighted by atomic mass is 16.6. The molecular weight excluding hydrogens is 640 g/mol. The van der Waals surface area contributed by atoms with Gasteiger partial charge in [-0.1, -0.05) is 58.8 Å². The van der Waals surface area contributed by atoms with Gasteiger partial charge in [0.25, 0.3) is 0 Å². The van der Waals surface area contributed by atoms with Crippen molar-refractivity contribution in [2.45, 2.75) is 39.5 Å². The number of hydrogen-bond donors (Lipinski definition) is 2. The van der Waals surface area contributed by atoms with Crippen molar-refractivity contribution in [1.82, 2.24) is 0 Å². The molecule has 0 aliphatic carbocycles. The molecule has 3 rings (SSSR count). The summed E-state index contributed by atoms with van der Waals surface area (Å²) in [5, 5.41) is 44.8. The number of benzene rings is 3. The molecule has 258 valence electrons. The molecule has 0 spiro atoms. The van der Waals surface area contributed by atoms with Gasteiger partial charge in [0.15, 0.2) is 13.2 Å². The molecule has 0 aliphatic heterocycles. The largest absolute Gasteiger partial charge is 0.490 e. The number of carboxylic acids is 2. The first-order chi connectivity index (χ1) is 24.2. The van der Waals surface area contributed by atoms with Crippen LogP contribution in [0.15, 0.2) is 83.1 Å². The summed E-state index contributed by atoms with van der Waals surface area (Å²) < 4.78 is 11.3. The van der Waals surface area contributed by atoms with E-state index in [0.29, 0.717) is 58.0 Å². The van der Waals surface area contributed by atoms with Gasteiger partial charge < -0.3 is 29.4 Å². The van der Waals surface area contributed by atoms with Crippen molar-refractivity contribution in [2.75, 3.05) is 26.4 Å². The Kier molecular flexibility index (Phi) is 15.8. The quantitative estimate of drug-likeness (QED) is 0.0411. The summed E-state index contributed by atoms with van der Waals surface area (Å²) in [6.45, 7) is 4.34. The highest BCUT2D eigenvalue weighted by molar-refractivity contribution is 5.92. The second-order valence-electron chi connectivity index (χ2n) is 10.9. The number of allylic oxidation sites excluding steroid dienone is 2. The van der Waals surface area contributed by atoms with Crippen molar-refractivity contribution in [1.29, 1.82) is 10.5 Å². The Morgan fingerprint density at radius 3 is 1.28 bits per heavy atom. The van der Waals surface area contributed by atoms with Gasteiger partial charge in [0.2, 0.25) is 0 Å². The van der Waals surface area contributed by atoms with E-state index >= 15 is 0 Å². The van der Waals surface area contributed by atoms with Crippen LogP contribution in [0.3, 0.4) is 0 Å². The highest BCUT2D eigenvalue weighted by Crippen LogP contribution is 2.24. The molecule has 0 amide bonds. The fourth-order valence-corrected chi connectivity index (χ4v) is 4.22. The molecule has 0 aliphatic rings. The van der Waals surface area contributed by atoms with Crippen molar-refractivity contribution < 1.29 is 39.0 Å². The number of aliphatic carboxylic acids is 2. The van der Waals surface area contributed by atoms with Crippen LogP contribution in [0, 0.1) is 22.7 Å². The van der Waals surface area contributed by atoms with Crippen LogP contribution in [0.1, 0.15) is 61.8 Å². The van der Waals surface area contributed by atoms with Gasteiger partial charge in [-0.05, 0) is 85.4 Å². The van der Waals surface area contributed by atoms with Gasteiger partial charge in [-0.25, -0.2) is 0 Å². The van der Waals surface area contributed by atoms with Crippen LogP contribution in [-0.2, 0) is 19.3 Å². The Morgan fingerprint density at radius 1 is 0.600 bits per heavy atom. The maximum atomic E-state index is 10.6. The number of oxime groups is 2. The normalized spacial score (nSPS) is 12.0. The van der Waals surface area contributed by atoms with Crippen molar-refractivity contribution in [3.8, 4) is 23.6 Å². The van der Waals surface area contributed by atoms with Crippen LogP contribution in [0.4, 0.5) is 0 Å². The molecule has 12 nitrogen and oxygen atoms in total. The van der Waals surface area contributed by atoms with Gasteiger partial charge in [0.05, 0.1) is 47.5 Å². The Labute approximate surface area is 290 Å². The fourth-order valence-electron chi connectivity index (χ4n) is 4.22. The molecule has 0 unspecified atom stereocenters. The van der Waals surface area contributed by atoms with Gasteiger partial charge >= 0.3 is 11.9 Å². The van der Waals surface area contributed by atoms with E-state index in [1.54, 1.807) is 74.5 Å². The van der Waals surface area contributed by atoms with Crippen LogP contribution in [0.5, 0.6) is 11.5 Å². The molecule has 50 heavy (non-hydrogen) atoms. The molecule has 12 heteroatoms. The summed E-state index contributed by atoms with van der Waals surface area (Å²) in [5.74, 6) is -0.529. The Bertz CT molecular complexity index is 1650. The molecule has 0 saturated carbocycles. The van der Waals surface area contributed by atoms with E-state index in [2.05, 4.69) is 22.4 Å². The zero-order valence-corrected chi connectivity index (χ0v) is 27.9. The van der Waals surface area contributed by atoms with E-state index in [1.165, 1.54) is 0 Å². The molecule has 3 aromatic rings. The van der Waals surface area contributed by atoms with E-state index in [4.69, 9.17) is 29.4 Å². The maximum absolute atomic E-state index is 10.6. The second kappa shape index (κ2) is 20.8. The van der Waals surface area contributed by atoms with E-state index < -0.39 is 11.9 Å². The second-order valence-corrected chi connectivity index (χ2v) is 10.9. The monoisotopic (exact) mass is 678 g/mol. The summed E-state index contributed by atoms with van der Waals surface area (Å²) in [5.41, 5.74) is 5.13. The molecule has 3 aromatic carbocycles. The average Bonchev–Trinajstić information content (AvgIpc) is 3.12. The predicted molar refractivity (Wildman–Crippen MR) is 189 cm³/mol. The van der Waals surface area contributed by atoms with Gasteiger partial charge in [-0.15, -0.1) is 0 Å². The Hall–Kier alpha value is -6.40. The molecule has 0 heterocycles. The number of carbonyl (C=O) groups is 2. The molecule has 0 aromatic heterocycles. The molecule has 2 N–H and O–H groups in total. The topological polar surface area (TPSA) is 184 Å². The van der Waals surface area contributed by atoms with E-state index in [0.717, 1.165) is 11.1 Å². The number of hydrogen-bond acceptors (Lipinski definition) is 10. The van der Waals surface area contributed by atoms with Gasteiger partial charge in [-0.3, -0.25) is 9.59 Å². The van der Waals surface area contributed by atoms with Crippen LogP contribution >= 0.6 is 0 Å². The fraction of sp³-hybridized carbons (Fsp3) is 0.263. The third-order valence-electron chi connectivity index (χ3n) is 6.86. The number of carboxylic acid groups (broad SMARTS) is 2. The van der Waals surface area contributed by atoms with Gasteiger partial charge in [0, 0.05) is 0 Å². The van der Waals surface area contributed by atoms with Crippen molar-refractivity contribution in [3.05, 3.63) is 95.1 Å². The van der Waals surface area contributed by atoms with Crippen molar-refractivity contribution in [3.63, 3.8) is 0 Å². The van der Waals surface area contributed by atoms with E-state index in [-0.39, 0.29) is 39.3 Å². The molecule has 0 radical (unpaired) electrons. The van der Waals surface area contributed by atoms with Gasteiger partial charge in [-0.2, -0.15) is 10.5 Å². The lowest BCUT2D eigenvalue weighted by Gasteiger charge is -2.07. The summed E-state index contributed by atoms with van der Waals surface area (Å²) in [4.78, 5) is 31.6. The molecule has 0 bridgehead atoms. The van der Waals surface area contributed by atoms with Gasteiger partial charge in [0.1, 0.15) is 24.7 Å². The molecule has 0 atom stereocenters. The zero-order valence-electron chi connectivity index (χ0n) is 27.9. The predicted octanol–water partition coefficient (Wildman–Crippen LogP) is 7.09. The molecular formula is C38H38N4O8. The number of nitrogens with zero attached hydrogens (tertiary/aromatic N) is 4.